The van der Waals surface area contributed by atoms with Gasteiger partial charge < -0.3 is 19.7 Å². The molecular weight excluding hydrogens is 536 g/mol. The van der Waals surface area contributed by atoms with Crippen molar-refractivity contribution in [3.63, 3.8) is 0 Å². The Morgan fingerprint density at radius 2 is 1.63 bits per heavy atom. The zero-order valence-electron chi connectivity index (χ0n) is 24.1. The van der Waals surface area contributed by atoms with E-state index in [1.54, 1.807) is 12.1 Å². The van der Waals surface area contributed by atoms with Crippen molar-refractivity contribution in [2.75, 3.05) is 18.6 Å². The van der Waals surface area contributed by atoms with Crippen LogP contribution in [0.3, 0.4) is 0 Å². The summed E-state index contributed by atoms with van der Waals surface area (Å²) < 4.78 is 10.7. The summed E-state index contributed by atoms with van der Waals surface area (Å²) in [6, 6.07) is 20.6. The number of nitrogens with one attached hydrogen (secondary N) is 1. The van der Waals surface area contributed by atoms with E-state index in [-0.39, 0.29) is 36.9 Å². The first-order valence-corrected chi connectivity index (χ1v) is 15.4. The summed E-state index contributed by atoms with van der Waals surface area (Å²) in [5.74, 6) is 0.147. The van der Waals surface area contributed by atoms with Gasteiger partial charge in [-0.3, -0.25) is 9.59 Å². The molecule has 1 aliphatic carbocycles. The van der Waals surface area contributed by atoms with Crippen LogP contribution in [0.4, 0.5) is 5.69 Å². The van der Waals surface area contributed by atoms with Crippen molar-refractivity contribution in [3.05, 3.63) is 71.6 Å². The Balaban J connectivity index is 0.00000189. The number of carbonyl (C=O) groups is 3. The van der Waals surface area contributed by atoms with Crippen molar-refractivity contribution in [1.29, 1.82) is 0 Å². The number of ether oxygens (including phenoxy) is 2. The highest BCUT2D eigenvalue weighted by molar-refractivity contribution is 7.18. The largest absolute Gasteiger partial charge is 0.484 e. The van der Waals surface area contributed by atoms with Crippen molar-refractivity contribution in [2.24, 2.45) is 5.92 Å². The normalized spacial score (nSPS) is 19.1. The van der Waals surface area contributed by atoms with E-state index in [9.17, 15) is 14.4 Å². The minimum Gasteiger partial charge on any atom is -0.484 e. The molecule has 1 N–H and O–H groups in total. The first-order chi connectivity index (χ1) is 20.0. The molecule has 3 aromatic rings. The SMILES string of the molecule is CC.COC(=O)c1sc(-c2ccccc2)cc1N1C(=O)CC(NC(=O)COc2ccccc2)CC1C1CCCCC1. The number of hydrogen-bond acceptors (Lipinski definition) is 6. The molecule has 1 aliphatic heterocycles. The molecule has 2 amide bonds. The average Bonchev–Trinajstić information content (AvgIpc) is 3.47. The van der Waals surface area contributed by atoms with Crippen LogP contribution in [0.2, 0.25) is 0 Å². The third kappa shape index (κ3) is 7.55. The maximum Gasteiger partial charge on any atom is 0.350 e. The predicted molar refractivity (Wildman–Crippen MR) is 163 cm³/mol. The van der Waals surface area contributed by atoms with Crippen molar-refractivity contribution < 1.29 is 23.9 Å². The summed E-state index contributed by atoms with van der Waals surface area (Å²) in [6.07, 6.45) is 6.27. The monoisotopic (exact) mass is 576 g/mol. The molecule has 2 aliphatic rings. The second kappa shape index (κ2) is 14.8. The maximum absolute atomic E-state index is 13.8. The van der Waals surface area contributed by atoms with Gasteiger partial charge >= 0.3 is 5.97 Å². The molecule has 218 valence electrons. The Kier molecular flexibility index (Phi) is 11.0. The molecular formula is C33H40N2O5S. The summed E-state index contributed by atoms with van der Waals surface area (Å²) in [7, 11) is 1.37. The van der Waals surface area contributed by atoms with Gasteiger partial charge in [-0.15, -0.1) is 11.3 Å². The molecule has 2 unspecified atom stereocenters. The van der Waals surface area contributed by atoms with Crippen molar-refractivity contribution >= 4 is 34.8 Å². The minimum absolute atomic E-state index is 0.0892. The van der Waals surface area contributed by atoms with Gasteiger partial charge in [0, 0.05) is 23.4 Å². The summed E-state index contributed by atoms with van der Waals surface area (Å²) in [5, 5.41) is 3.04. The Morgan fingerprint density at radius 3 is 2.29 bits per heavy atom. The number of methoxy groups -OCH3 is 1. The van der Waals surface area contributed by atoms with Gasteiger partial charge in [0.05, 0.1) is 12.8 Å². The lowest BCUT2D eigenvalue weighted by atomic mass is 9.78. The lowest BCUT2D eigenvalue weighted by Crippen LogP contribution is -2.56. The lowest BCUT2D eigenvalue weighted by molar-refractivity contribution is -0.125. The van der Waals surface area contributed by atoms with E-state index in [2.05, 4.69) is 5.32 Å². The van der Waals surface area contributed by atoms with Gasteiger partial charge in [-0.05, 0) is 48.9 Å². The van der Waals surface area contributed by atoms with Gasteiger partial charge in [0.15, 0.2) is 6.61 Å². The average molecular weight is 577 g/mol. The van der Waals surface area contributed by atoms with Crippen molar-refractivity contribution in [3.8, 4) is 16.2 Å². The van der Waals surface area contributed by atoms with Crippen molar-refractivity contribution in [1.82, 2.24) is 5.32 Å². The third-order valence-electron chi connectivity index (χ3n) is 7.62. The predicted octanol–water partition coefficient (Wildman–Crippen LogP) is 6.87. The van der Waals surface area contributed by atoms with E-state index in [4.69, 9.17) is 9.47 Å². The van der Waals surface area contributed by atoms with Crippen LogP contribution < -0.4 is 15.0 Å². The maximum atomic E-state index is 13.8. The molecule has 7 nitrogen and oxygen atoms in total. The van der Waals surface area contributed by atoms with Gasteiger partial charge in [-0.2, -0.15) is 0 Å². The Morgan fingerprint density at radius 1 is 0.976 bits per heavy atom. The van der Waals surface area contributed by atoms with Gasteiger partial charge in [-0.25, -0.2) is 4.79 Å². The first kappa shape index (κ1) is 30.3. The topological polar surface area (TPSA) is 84.9 Å². The number of para-hydroxylation sites is 1. The van der Waals surface area contributed by atoms with Crippen LogP contribution in [-0.2, 0) is 14.3 Å². The summed E-state index contributed by atoms with van der Waals surface area (Å²) in [4.78, 5) is 42.6. The van der Waals surface area contributed by atoms with E-state index >= 15 is 0 Å². The number of anilines is 1. The van der Waals surface area contributed by atoms with Crippen LogP contribution in [0, 0.1) is 5.92 Å². The second-order valence-electron chi connectivity index (χ2n) is 10.2. The van der Waals surface area contributed by atoms with Crippen molar-refractivity contribution in [2.45, 2.75) is 70.9 Å². The number of esters is 1. The number of benzene rings is 2. The second-order valence-corrected chi connectivity index (χ2v) is 11.3. The molecule has 1 aromatic heterocycles. The molecule has 0 spiro atoms. The zero-order valence-corrected chi connectivity index (χ0v) is 25.0. The van der Waals surface area contributed by atoms with Crippen LogP contribution in [-0.4, -0.2) is 43.6 Å². The highest BCUT2D eigenvalue weighted by Crippen LogP contribution is 2.43. The van der Waals surface area contributed by atoms with Crippen LogP contribution in [0.1, 0.15) is 68.5 Å². The molecule has 2 atom stereocenters. The Bertz CT molecular complexity index is 1290. The van der Waals surface area contributed by atoms with Gasteiger partial charge in [-0.1, -0.05) is 81.6 Å². The number of piperidine rings is 1. The summed E-state index contributed by atoms with van der Waals surface area (Å²) in [5.41, 5.74) is 1.60. The molecule has 2 aromatic carbocycles. The lowest BCUT2D eigenvalue weighted by Gasteiger charge is -2.44. The third-order valence-corrected chi connectivity index (χ3v) is 8.77. The van der Waals surface area contributed by atoms with E-state index in [0.29, 0.717) is 28.7 Å². The minimum atomic E-state index is -0.444. The smallest absolute Gasteiger partial charge is 0.350 e. The highest BCUT2D eigenvalue weighted by atomic mass is 32.1. The summed E-state index contributed by atoms with van der Waals surface area (Å²) >= 11 is 1.35. The molecule has 0 bridgehead atoms. The van der Waals surface area contributed by atoms with E-state index in [1.165, 1.54) is 24.9 Å². The van der Waals surface area contributed by atoms with Crippen LogP contribution in [0.25, 0.3) is 10.4 Å². The Hall–Kier alpha value is -3.65. The molecule has 2 heterocycles. The molecule has 5 rings (SSSR count). The van der Waals surface area contributed by atoms with Crippen LogP contribution in [0.5, 0.6) is 5.75 Å². The fourth-order valence-electron chi connectivity index (χ4n) is 5.80. The van der Waals surface area contributed by atoms with Gasteiger partial charge in [0.2, 0.25) is 5.91 Å². The fraction of sp³-hybridized carbons (Fsp3) is 0.424. The standard InChI is InChI=1S/C31H34N2O5S.C2H6/c1-37-31(36)30-26(19-27(39-30)22-13-7-3-8-14-22)33-25(21-11-5-2-6-12-21)17-23(18-29(33)35)32-28(34)20-38-24-15-9-4-10-16-24;1-2/h3-4,7-10,13-16,19,21,23,25H,2,5-6,11-12,17-18,20H2,1H3,(H,32,34);1-2H3. The number of thiophene rings is 1. The number of carbonyl (C=O) groups excluding carboxylic acids is 3. The van der Waals surface area contributed by atoms with E-state index in [0.717, 1.165) is 36.1 Å². The van der Waals surface area contributed by atoms with E-state index < -0.39 is 5.97 Å². The van der Waals surface area contributed by atoms with Gasteiger partial charge in [0.1, 0.15) is 10.6 Å². The molecule has 1 saturated heterocycles. The molecule has 1 saturated carbocycles. The molecule has 0 radical (unpaired) electrons. The molecule has 8 heteroatoms. The zero-order chi connectivity index (χ0) is 29.2. The number of hydrogen-bond donors (Lipinski definition) is 1. The highest BCUT2D eigenvalue weighted by Gasteiger charge is 2.42. The first-order valence-electron chi connectivity index (χ1n) is 14.6. The summed E-state index contributed by atoms with van der Waals surface area (Å²) in [6.45, 7) is 3.89. The van der Waals surface area contributed by atoms with E-state index in [1.807, 2.05) is 73.3 Å². The van der Waals surface area contributed by atoms with Gasteiger partial charge in [0.25, 0.3) is 5.91 Å². The number of amides is 2. The Labute approximate surface area is 246 Å². The molecule has 2 fully saturated rings. The van der Waals surface area contributed by atoms with Crippen LogP contribution >= 0.6 is 11.3 Å². The molecule has 41 heavy (non-hydrogen) atoms. The fourth-order valence-corrected chi connectivity index (χ4v) is 6.87. The number of nitrogens with zero attached hydrogens (tertiary/aromatic N) is 1. The quantitative estimate of drug-likeness (QED) is 0.296. The van der Waals surface area contributed by atoms with Crippen LogP contribution in [0.15, 0.2) is 66.7 Å². The number of rotatable bonds is 8.